The zero-order valence-corrected chi connectivity index (χ0v) is 29.0. The fourth-order valence-corrected chi connectivity index (χ4v) is 7.38. The Morgan fingerprint density at radius 1 is 1.02 bits per heavy atom. The monoisotopic (exact) mass is 694 g/mol. The third-order valence-electron chi connectivity index (χ3n) is 9.45. The van der Waals surface area contributed by atoms with Crippen molar-refractivity contribution < 1.29 is 32.9 Å². The number of carbonyl (C=O) groups excluding carboxylic acids is 2. The van der Waals surface area contributed by atoms with Gasteiger partial charge in [-0.2, -0.15) is 4.98 Å². The molecule has 1 saturated carbocycles. The van der Waals surface area contributed by atoms with Gasteiger partial charge < -0.3 is 28.7 Å². The molecule has 7 rings (SSSR count). The van der Waals surface area contributed by atoms with Crippen LogP contribution in [0.15, 0.2) is 36.4 Å². The van der Waals surface area contributed by atoms with Gasteiger partial charge in [0.25, 0.3) is 11.8 Å². The molecule has 12 nitrogen and oxygen atoms in total. The summed E-state index contributed by atoms with van der Waals surface area (Å²) >= 11 is 6.18. The Morgan fingerprint density at radius 3 is 2.47 bits per heavy atom. The van der Waals surface area contributed by atoms with E-state index in [4.69, 9.17) is 30.5 Å². The number of nitrogens with zero attached hydrogens (tertiary/aromatic N) is 6. The van der Waals surface area contributed by atoms with E-state index in [-0.39, 0.29) is 58.1 Å². The molecule has 14 heteroatoms. The number of hydrogen-bond donors (Lipinski definition) is 0. The summed E-state index contributed by atoms with van der Waals surface area (Å²) in [6.07, 6.45) is 1.39. The molecule has 0 N–H and O–H groups in total. The van der Waals surface area contributed by atoms with Gasteiger partial charge in [-0.25, -0.2) is 9.18 Å². The highest BCUT2D eigenvalue weighted by Crippen LogP contribution is 2.52. The second-order valence-electron chi connectivity index (χ2n) is 14.6. The van der Waals surface area contributed by atoms with Gasteiger partial charge in [0.15, 0.2) is 5.82 Å². The van der Waals surface area contributed by atoms with Crippen LogP contribution in [-0.2, 0) is 22.6 Å². The van der Waals surface area contributed by atoms with E-state index in [0.29, 0.717) is 45.2 Å². The predicted molar refractivity (Wildman–Crippen MR) is 177 cm³/mol. The third-order valence-corrected chi connectivity index (χ3v) is 9.61. The Hall–Kier alpha value is -4.23. The highest BCUT2D eigenvalue weighted by atomic mass is 35.5. The molecule has 0 bridgehead atoms. The van der Waals surface area contributed by atoms with E-state index in [1.807, 2.05) is 57.7 Å². The molecular weight excluding hydrogens is 655 g/mol. The maximum absolute atomic E-state index is 14.5. The van der Waals surface area contributed by atoms with E-state index >= 15 is 0 Å². The van der Waals surface area contributed by atoms with Crippen LogP contribution in [0.5, 0.6) is 17.4 Å². The molecule has 1 spiro atoms. The fourth-order valence-electron chi connectivity index (χ4n) is 7.26. The quantitative estimate of drug-likeness (QED) is 0.304. The summed E-state index contributed by atoms with van der Waals surface area (Å²) < 4.78 is 38.2. The van der Waals surface area contributed by atoms with E-state index in [1.165, 1.54) is 18.2 Å². The third kappa shape index (κ3) is 6.70. The molecule has 2 amide bonds. The Balaban J connectivity index is 1.01. The van der Waals surface area contributed by atoms with Crippen LogP contribution in [0.25, 0.3) is 0 Å². The van der Waals surface area contributed by atoms with Crippen molar-refractivity contribution in [2.24, 2.45) is 5.41 Å². The van der Waals surface area contributed by atoms with Gasteiger partial charge in [-0.05, 0) is 88.9 Å². The minimum Gasteiger partial charge on any atom is -0.490 e. The number of amides is 2. The van der Waals surface area contributed by atoms with E-state index in [0.717, 1.165) is 29.7 Å². The molecule has 4 heterocycles. The standard InChI is InChI=1S/C35H40ClFN6O6/c1-20-16-46-17-21(2)43(20)31(44)25-11-23(37)9-10-28(25)48-30-29(38-32(36)40-39-30)42-18-35(19-42)12-24(13-35)47-27-8-6-7-22-14-41(15-26(22)27)33(45)49-34(3,4)5/h6-11,20-21,24H,12-19H2,1-5H3/t20-,21-/m1/s1. The second-order valence-corrected chi connectivity index (χ2v) is 15.0. The van der Waals surface area contributed by atoms with Crippen molar-refractivity contribution in [1.82, 2.24) is 25.0 Å². The van der Waals surface area contributed by atoms with Crippen LogP contribution in [0, 0.1) is 11.2 Å². The molecule has 2 saturated heterocycles. The van der Waals surface area contributed by atoms with Gasteiger partial charge in [-0.3, -0.25) is 9.69 Å². The topological polar surface area (TPSA) is 119 Å². The van der Waals surface area contributed by atoms with Crippen LogP contribution in [-0.4, -0.2) is 87.1 Å². The summed E-state index contributed by atoms with van der Waals surface area (Å²) in [6.45, 7) is 12.4. The van der Waals surface area contributed by atoms with E-state index in [2.05, 4.69) is 15.2 Å². The van der Waals surface area contributed by atoms with Crippen molar-refractivity contribution in [3.63, 3.8) is 0 Å². The number of halogens is 2. The predicted octanol–water partition coefficient (Wildman–Crippen LogP) is 6.00. The van der Waals surface area contributed by atoms with Gasteiger partial charge in [0, 0.05) is 30.6 Å². The maximum Gasteiger partial charge on any atom is 0.410 e. The molecular formula is C35H40ClFN6O6. The first-order valence-corrected chi connectivity index (χ1v) is 16.9. The number of anilines is 1. The Morgan fingerprint density at radius 2 is 1.76 bits per heavy atom. The van der Waals surface area contributed by atoms with Crippen LogP contribution in [0.3, 0.4) is 0 Å². The van der Waals surface area contributed by atoms with E-state index in [9.17, 15) is 14.0 Å². The summed E-state index contributed by atoms with van der Waals surface area (Å²) in [5, 5.41) is 8.02. The van der Waals surface area contributed by atoms with E-state index < -0.39 is 11.4 Å². The normalized spacial score (nSPS) is 21.6. The molecule has 4 aliphatic rings. The summed E-state index contributed by atoms with van der Waals surface area (Å²) in [7, 11) is 0. The van der Waals surface area contributed by atoms with Crippen molar-refractivity contribution in [3.8, 4) is 17.4 Å². The lowest BCUT2D eigenvalue weighted by Gasteiger charge is -2.58. The summed E-state index contributed by atoms with van der Waals surface area (Å²) in [5.41, 5.74) is 1.62. The van der Waals surface area contributed by atoms with Crippen molar-refractivity contribution >= 4 is 29.4 Å². The Labute approximate surface area is 289 Å². The summed E-state index contributed by atoms with van der Waals surface area (Å²) in [6, 6.07) is 9.38. The minimum absolute atomic E-state index is 0.0273. The summed E-state index contributed by atoms with van der Waals surface area (Å²) in [5.74, 6) is 0.493. The first-order chi connectivity index (χ1) is 23.3. The smallest absolute Gasteiger partial charge is 0.410 e. The average Bonchev–Trinajstić information content (AvgIpc) is 3.44. The molecule has 260 valence electrons. The van der Waals surface area contributed by atoms with Crippen LogP contribution < -0.4 is 14.4 Å². The molecule has 2 aromatic carbocycles. The number of rotatable bonds is 6. The number of fused-ring (bicyclic) bond motifs is 1. The molecule has 0 unspecified atom stereocenters. The SMILES string of the molecule is C[C@@H]1COC[C@@H](C)N1C(=O)c1cc(F)ccc1Oc1nnc(Cl)nc1N1CC2(CC(Oc3cccc4c3CN(C(=O)OC(C)(C)C)C4)C2)C1. The van der Waals surface area contributed by atoms with Gasteiger partial charge in [0.1, 0.15) is 29.0 Å². The molecule has 1 aliphatic carbocycles. The molecule has 3 aromatic rings. The van der Waals surface area contributed by atoms with Crippen molar-refractivity contribution in [2.45, 2.75) is 84.3 Å². The van der Waals surface area contributed by atoms with Gasteiger partial charge in [0.2, 0.25) is 5.28 Å². The Kier molecular flexibility index (Phi) is 8.54. The lowest BCUT2D eigenvalue weighted by Crippen LogP contribution is -2.65. The van der Waals surface area contributed by atoms with Crippen molar-refractivity contribution in [3.05, 3.63) is 64.2 Å². The summed E-state index contributed by atoms with van der Waals surface area (Å²) in [4.78, 5) is 36.2. The average molecular weight is 695 g/mol. The molecule has 49 heavy (non-hydrogen) atoms. The number of morpholine rings is 1. The lowest BCUT2D eigenvalue weighted by atomic mass is 9.61. The lowest BCUT2D eigenvalue weighted by molar-refractivity contribution is -0.0349. The van der Waals surface area contributed by atoms with E-state index in [1.54, 1.807) is 9.80 Å². The zero-order chi connectivity index (χ0) is 34.7. The number of carbonyl (C=O) groups is 2. The fraction of sp³-hybridized carbons (Fsp3) is 0.514. The van der Waals surface area contributed by atoms with Crippen LogP contribution in [0.2, 0.25) is 5.28 Å². The van der Waals surface area contributed by atoms with Gasteiger partial charge in [-0.15, -0.1) is 10.2 Å². The van der Waals surface area contributed by atoms with Gasteiger partial charge in [0.05, 0.1) is 37.4 Å². The second kappa shape index (κ2) is 12.6. The number of benzene rings is 2. The van der Waals surface area contributed by atoms with Crippen LogP contribution in [0.1, 0.15) is 68.9 Å². The minimum atomic E-state index is -0.564. The molecule has 2 atom stereocenters. The first kappa shape index (κ1) is 33.3. The van der Waals surface area contributed by atoms with Crippen molar-refractivity contribution in [1.29, 1.82) is 0 Å². The molecule has 1 aromatic heterocycles. The Bertz CT molecular complexity index is 1760. The molecule has 0 radical (unpaired) electrons. The number of hydrogen-bond acceptors (Lipinski definition) is 10. The highest BCUT2D eigenvalue weighted by molar-refractivity contribution is 6.28. The maximum atomic E-state index is 14.5. The molecule has 3 fully saturated rings. The van der Waals surface area contributed by atoms with Crippen LogP contribution in [0.4, 0.5) is 15.0 Å². The highest BCUT2D eigenvalue weighted by Gasteiger charge is 2.54. The molecule has 3 aliphatic heterocycles. The van der Waals surface area contributed by atoms with Crippen LogP contribution >= 0.6 is 11.6 Å². The van der Waals surface area contributed by atoms with Gasteiger partial charge in [-0.1, -0.05) is 12.1 Å². The number of ether oxygens (including phenoxy) is 4. The largest absolute Gasteiger partial charge is 0.490 e. The van der Waals surface area contributed by atoms with Gasteiger partial charge >= 0.3 is 6.09 Å². The number of aromatic nitrogens is 3. The zero-order valence-electron chi connectivity index (χ0n) is 28.2. The van der Waals surface area contributed by atoms with Crippen molar-refractivity contribution in [2.75, 3.05) is 31.2 Å². The first-order valence-electron chi connectivity index (χ1n) is 16.6.